The first-order valence-electron chi connectivity index (χ1n) is 6.35. The minimum atomic E-state index is -0.318. The molecule has 1 unspecified atom stereocenters. The van der Waals surface area contributed by atoms with Crippen LogP contribution in [0.1, 0.15) is 44.7 Å². The lowest BCUT2D eigenvalue weighted by molar-refractivity contribution is -0.143. The Morgan fingerprint density at radius 2 is 1.78 bits per heavy atom. The van der Waals surface area contributed by atoms with E-state index < -0.39 is 0 Å². The molecular weight excluding hydrogens is 224 g/mol. The van der Waals surface area contributed by atoms with Crippen molar-refractivity contribution < 1.29 is 9.53 Å². The third-order valence-corrected chi connectivity index (χ3v) is 2.83. The van der Waals surface area contributed by atoms with Gasteiger partial charge in [-0.25, -0.2) is 4.79 Å². The van der Waals surface area contributed by atoms with Gasteiger partial charge in [0.25, 0.3) is 0 Å². The van der Waals surface area contributed by atoms with E-state index >= 15 is 0 Å². The van der Waals surface area contributed by atoms with Crippen molar-refractivity contribution in [3.63, 3.8) is 0 Å². The summed E-state index contributed by atoms with van der Waals surface area (Å²) >= 11 is 0. The van der Waals surface area contributed by atoms with Crippen LogP contribution in [0.15, 0.2) is 36.4 Å². The van der Waals surface area contributed by atoms with Gasteiger partial charge >= 0.3 is 5.97 Å². The van der Waals surface area contributed by atoms with Crippen molar-refractivity contribution in [2.75, 3.05) is 0 Å². The van der Waals surface area contributed by atoms with Crippen LogP contribution in [0.2, 0.25) is 0 Å². The predicted molar refractivity (Wildman–Crippen MR) is 74.6 cm³/mol. The number of carbonyl (C=O) groups is 1. The number of hydrogen-bond donors (Lipinski definition) is 0. The fourth-order valence-corrected chi connectivity index (χ4v) is 1.70. The molecule has 1 rings (SSSR count). The topological polar surface area (TPSA) is 26.3 Å². The highest BCUT2D eigenvalue weighted by atomic mass is 16.5. The highest BCUT2D eigenvalue weighted by Gasteiger charge is 2.10. The lowest BCUT2D eigenvalue weighted by Crippen LogP contribution is -2.17. The third kappa shape index (κ3) is 4.36. The normalized spacial score (nSPS) is 12.3. The highest BCUT2D eigenvalue weighted by molar-refractivity contribution is 5.87. The van der Waals surface area contributed by atoms with Gasteiger partial charge < -0.3 is 4.74 Å². The standard InChI is InChI=1S/C16H22O2/c1-11(2)15-8-6-14(7-9-15)10-13(5)18-16(17)12(3)4/h6-9,11,13H,3,10H2,1-2,4-5H3. The molecule has 1 atom stereocenters. The number of benzene rings is 1. The van der Waals surface area contributed by atoms with Crippen molar-refractivity contribution in [3.8, 4) is 0 Å². The van der Waals surface area contributed by atoms with Gasteiger partial charge in [0.2, 0.25) is 0 Å². The summed E-state index contributed by atoms with van der Waals surface area (Å²) in [5.74, 6) is 0.221. The minimum Gasteiger partial charge on any atom is -0.459 e. The van der Waals surface area contributed by atoms with E-state index in [0.29, 0.717) is 11.5 Å². The van der Waals surface area contributed by atoms with Gasteiger partial charge in [-0.05, 0) is 30.9 Å². The summed E-state index contributed by atoms with van der Waals surface area (Å²) in [6.45, 7) is 11.5. The van der Waals surface area contributed by atoms with Gasteiger partial charge in [0.15, 0.2) is 0 Å². The number of esters is 1. The zero-order valence-electron chi connectivity index (χ0n) is 11.7. The molecule has 0 aliphatic rings. The molecule has 0 saturated carbocycles. The Bertz CT molecular complexity index is 415. The zero-order chi connectivity index (χ0) is 13.7. The molecule has 2 heteroatoms. The van der Waals surface area contributed by atoms with Gasteiger partial charge in [-0.2, -0.15) is 0 Å². The van der Waals surface area contributed by atoms with Gasteiger partial charge in [0.1, 0.15) is 6.10 Å². The van der Waals surface area contributed by atoms with Gasteiger partial charge in [0, 0.05) is 12.0 Å². The monoisotopic (exact) mass is 246 g/mol. The van der Waals surface area contributed by atoms with Crippen LogP contribution in [0, 0.1) is 0 Å². The summed E-state index contributed by atoms with van der Waals surface area (Å²) in [6, 6.07) is 8.46. The molecule has 18 heavy (non-hydrogen) atoms. The van der Waals surface area contributed by atoms with E-state index in [-0.39, 0.29) is 12.1 Å². The van der Waals surface area contributed by atoms with Crippen molar-refractivity contribution in [1.82, 2.24) is 0 Å². The molecule has 2 nitrogen and oxygen atoms in total. The fourth-order valence-electron chi connectivity index (χ4n) is 1.70. The summed E-state index contributed by atoms with van der Waals surface area (Å²) in [6.07, 6.45) is 0.608. The van der Waals surface area contributed by atoms with Crippen LogP contribution in [0.3, 0.4) is 0 Å². The fraction of sp³-hybridized carbons (Fsp3) is 0.438. The van der Waals surface area contributed by atoms with Crippen LogP contribution in [0.5, 0.6) is 0 Å². The first kappa shape index (κ1) is 14.5. The Hall–Kier alpha value is -1.57. The molecule has 0 spiro atoms. The van der Waals surface area contributed by atoms with Gasteiger partial charge in [-0.1, -0.05) is 44.7 Å². The van der Waals surface area contributed by atoms with E-state index in [9.17, 15) is 4.79 Å². The van der Waals surface area contributed by atoms with Gasteiger partial charge in [-0.3, -0.25) is 0 Å². The average Bonchev–Trinajstić information content (AvgIpc) is 2.29. The Morgan fingerprint density at radius 1 is 1.22 bits per heavy atom. The van der Waals surface area contributed by atoms with Crippen LogP contribution in [0.25, 0.3) is 0 Å². The summed E-state index contributed by atoms with van der Waals surface area (Å²) in [4.78, 5) is 11.4. The molecule has 1 aromatic rings. The summed E-state index contributed by atoms with van der Waals surface area (Å²) < 4.78 is 5.25. The zero-order valence-corrected chi connectivity index (χ0v) is 11.7. The Morgan fingerprint density at radius 3 is 2.22 bits per heavy atom. The molecular formula is C16H22O2. The number of rotatable bonds is 5. The van der Waals surface area contributed by atoms with Crippen LogP contribution in [-0.2, 0) is 16.0 Å². The lowest BCUT2D eigenvalue weighted by Gasteiger charge is -2.14. The molecule has 0 fully saturated rings. The molecule has 0 radical (unpaired) electrons. The van der Waals surface area contributed by atoms with Crippen molar-refractivity contribution in [1.29, 1.82) is 0 Å². The van der Waals surface area contributed by atoms with Crippen LogP contribution < -0.4 is 0 Å². The second-order valence-electron chi connectivity index (χ2n) is 5.10. The smallest absolute Gasteiger partial charge is 0.333 e. The molecule has 0 bridgehead atoms. The van der Waals surface area contributed by atoms with E-state index in [4.69, 9.17) is 4.74 Å². The predicted octanol–water partition coefficient (Wildman–Crippen LogP) is 3.86. The van der Waals surface area contributed by atoms with E-state index in [0.717, 1.165) is 6.42 Å². The summed E-state index contributed by atoms with van der Waals surface area (Å²) in [5.41, 5.74) is 2.95. The Kier molecular flexibility index (Phi) is 5.14. The molecule has 98 valence electrons. The van der Waals surface area contributed by atoms with Crippen LogP contribution in [-0.4, -0.2) is 12.1 Å². The Labute approximate surface area is 110 Å². The van der Waals surface area contributed by atoms with Crippen molar-refractivity contribution >= 4 is 5.97 Å². The van der Waals surface area contributed by atoms with Gasteiger partial charge in [0.05, 0.1) is 0 Å². The number of carbonyl (C=O) groups excluding carboxylic acids is 1. The maximum atomic E-state index is 11.4. The molecule has 0 N–H and O–H groups in total. The van der Waals surface area contributed by atoms with E-state index in [2.05, 4.69) is 44.7 Å². The number of ether oxygens (including phenoxy) is 1. The molecule has 0 heterocycles. The summed E-state index contributed by atoms with van der Waals surface area (Å²) in [5, 5.41) is 0. The largest absolute Gasteiger partial charge is 0.459 e. The third-order valence-electron chi connectivity index (χ3n) is 2.83. The van der Waals surface area contributed by atoms with Gasteiger partial charge in [-0.15, -0.1) is 0 Å². The average molecular weight is 246 g/mol. The van der Waals surface area contributed by atoms with E-state index in [1.165, 1.54) is 11.1 Å². The second-order valence-corrected chi connectivity index (χ2v) is 5.10. The molecule has 0 saturated heterocycles. The van der Waals surface area contributed by atoms with Crippen molar-refractivity contribution in [2.24, 2.45) is 0 Å². The number of hydrogen-bond acceptors (Lipinski definition) is 2. The maximum absolute atomic E-state index is 11.4. The highest BCUT2D eigenvalue weighted by Crippen LogP contribution is 2.16. The van der Waals surface area contributed by atoms with Crippen LogP contribution >= 0.6 is 0 Å². The maximum Gasteiger partial charge on any atom is 0.333 e. The first-order chi connectivity index (χ1) is 8.40. The minimum absolute atomic E-state index is 0.126. The van der Waals surface area contributed by atoms with Crippen molar-refractivity contribution in [3.05, 3.63) is 47.5 Å². The molecule has 0 aliphatic carbocycles. The molecule has 0 aliphatic heterocycles. The van der Waals surface area contributed by atoms with E-state index in [1.807, 2.05) is 6.92 Å². The second kappa shape index (κ2) is 6.39. The van der Waals surface area contributed by atoms with E-state index in [1.54, 1.807) is 6.92 Å². The first-order valence-corrected chi connectivity index (χ1v) is 6.35. The molecule has 0 amide bonds. The molecule has 0 aromatic heterocycles. The SMILES string of the molecule is C=C(C)C(=O)OC(C)Cc1ccc(C(C)C)cc1. The lowest BCUT2D eigenvalue weighted by atomic mass is 10.00. The molecule has 1 aromatic carbocycles. The van der Waals surface area contributed by atoms with Crippen LogP contribution in [0.4, 0.5) is 0 Å². The quantitative estimate of drug-likeness (QED) is 0.582. The van der Waals surface area contributed by atoms with Crippen molar-refractivity contribution in [2.45, 2.75) is 46.1 Å². The Balaban J connectivity index is 2.57. The summed E-state index contributed by atoms with van der Waals surface area (Å²) in [7, 11) is 0.